The Balaban J connectivity index is 1.41. The van der Waals surface area contributed by atoms with Crippen molar-refractivity contribution in [2.75, 3.05) is 0 Å². The molecule has 2 aliphatic carbocycles. The van der Waals surface area contributed by atoms with Gasteiger partial charge < -0.3 is 14.5 Å². The zero-order chi connectivity index (χ0) is 16.7. The third-order valence-corrected chi connectivity index (χ3v) is 5.64. The zero-order valence-corrected chi connectivity index (χ0v) is 13.7. The number of carbonyl (C=O) groups excluding carboxylic acids is 1. The number of carbonyl (C=O) groups is 2. The molecule has 0 bridgehead atoms. The van der Waals surface area contributed by atoms with E-state index in [1.165, 1.54) is 0 Å². The van der Waals surface area contributed by atoms with Crippen LogP contribution in [-0.2, 0) is 16.0 Å². The molecule has 1 N–H and O–H groups in total. The molecule has 130 valence electrons. The molecule has 0 aromatic carbocycles. The lowest BCUT2D eigenvalue weighted by molar-refractivity contribution is -0.149. The summed E-state index contributed by atoms with van der Waals surface area (Å²) in [4.78, 5) is 30.3. The molecule has 4 rings (SSSR count). The van der Waals surface area contributed by atoms with Crippen molar-refractivity contribution in [1.29, 1.82) is 0 Å². The number of likely N-dealkylation sites (tertiary alicyclic amines) is 1. The molecular weight excluding hydrogens is 310 g/mol. The smallest absolute Gasteiger partial charge is 0.326 e. The number of aryl methyl sites for hydroxylation is 1. The van der Waals surface area contributed by atoms with E-state index in [9.17, 15) is 14.7 Å². The molecule has 3 fully saturated rings. The van der Waals surface area contributed by atoms with Gasteiger partial charge in [-0.05, 0) is 38.0 Å². The Morgan fingerprint density at radius 2 is 2.00 bits per heavy atom. The maximum atomic E-state index is 12.7. The third-order valence-electron chi connectivity index (χ3n) is 5.64. The first-order chi connectivity index (χ1) is 11.6. The van der Waals surface area contributed by atoms with Gasteiger partial charge >= 0.3 is 5.97 Å². The normalized spacial score (nSPS) is 29.5. The minimum Gasteiger partial charge on any atom is -0.480 e. The summed E-state index contributed by atoms with van der Waals surface area (Å²) in [6.45, 7) is 0. The Labute approximate surface area is 140 Å². The standard InChI is InChI=1S/C17H23N3O4/c21-15(8-7-14-18-16(19-24-14)10-5-6-10)20-12-4-2-1-3-11(12)9-13(20)17(22)23/h10-13H,1-9H2,(H,22,23)/t11-,12+,13-/m0/s1. The van der Waals surface area contributed by atoms with E-state index in [1.807, 2.05) is 0 Å². The van der Waals surface area contributed by atoms with E-state index in [4.69, 9.17) is 4.52 Å². The van der Waals surface area contributed by atoms with Crippen molar-refractivity contribution in [3.8, 4) is 0 Å². The van der Waals surface area contributed by atoms with Gasteiger partial charge in [0, 0.05) is 24.8 Å². The summed E-state index contributed by atoms with van der Waals surface area (Å²) >= 11 is 0. The zero-order valence-electron chi connectivity index (χ0n) is 13.7. The van der Waals surface area contributed by atoms with Gasteiger partial charge in [0.05, 0.1) is 0 Å². The highest BCUT2D eigenvalue weighted by Gasteiger charge is 2.47. The molecule has 2 saturated carbocycles. The molecule has 7 nitrogen and oxygen atoms in total. The molecular formula is C17H23N3O4. The van der Waals surface area contributed by atoms with Crippen molar-refractivity contribution in [2.45, 2.75) is 75.8 Å². The lowest BCUT2D eigenvalue weighted by atomic mass is 9.84. The molecule has 24 heavy (non-hydrogen) atoms. The molecule has 0 spiro atoms. The summed E-state index contributed by atoms with van der Waals surface area (Å²) in [5.41, 5.74) is 0. The van der Waals surface area contributed by atoms with Gasteiger partial charge in [-0.1, -0.05) is 18.0 Å². The van der Waals surface area contributed by atoms with Crippen LogP contribution in [0.15, 0.2) is 4.52 Å². The average Bonchev–Trinajstić information content (AvgIpc) is 3.19. The molecule has 0 unspecified atom stereocenters. The largest absolute Gasteiger partial charge is 0.480 e. The van der Waals surface area contributed by atoms with E-state index in [2.05, 4.69) is 10.1 Å². The maximum Gasteiger partial charge on any atom is 0.326 e. The van der Waals surface area contributed by atoms with Gasteiger partial charge in [0.25, 0.3) is 0 Å². The van der Waals surface area contributed by atoms with Crippen molar-refractivity contribution in [1.82, 2.24) is 15.0 Å². The molecule has 1 aromatic rings. The van der Waals surface area contributed by atoms with Gasteiger partial charge in [0.15, 0.2) is 5.82 Å². The Bertz CT molecular complexity index is 640. The molecule has 0 radical (unpaired) electrons. The SMILES string of the molecule is O=C(O)[C@@H]1C[C@@H]2CCCC[C@H]2N1C(=O)CCc1nc(C2CC2)no1. The summed E-state index contributed by atoms with van der Waals surface area (Å²) in [6.07, 6.45) is 7.60. The van der Waals surface area contributed by atoms with Crippen LogP contribution in [0.3, 0.4) is 0 Å². The van der Waals surface area contributed by atoms with Crippen molar-refractivity contribution >= 4 is 11.9 Å². The van der Waals surface area contributed by atoms with Gasteiger partial charge in [-0.2, -0.15) is 4.98 Å². The average molecular weight is 333 g/mol. The molecule has 1 aliphatic heterocycles. The van der Waals surface area contributed by atoms with E-state index in [0.29, 0.717) is 30.6 Å². The molecule has 1 saturated heterocycles. The Morgan fingerprint density at radius 1 is 1.21 bits per heavy atom. The summed E-state index contributed by atoms with van der Waals surface area (Å²) in [7, 11) is 0. The van der Waals surface area contributed by atoms with E-state index in [0.717, 1.165) is 44.3 Å². The monoisotopic (exact) mass is 333 g/mol. The fraction of sp³-hybridized carbons (Fsp3) is 0.765. The molecule has 7 heteroatoms. The summed E-state index contributed by atoms with van der Waals surface area (Å²) in [6, 6.07) is -0.577. The van der Waals surface area contributed by atoms with Crippen molar-refractivity contribution in [2.24, 2.45) is 5.92 Å². The number of amides is 1. The molecule has 1 amide bonds. The number of hydrogen-bond acceptors (Lipinski definition) is 5. The highest BCUT2D eigenvalue weighted by molar-refractivity contribution is 5.84. The van der Waals surface area contributed by atoms with Gasteiger partial charge in [-0.25, -0.2) is 4.79 Å². The van der Waals surface area contributed by atoms with E-state index < -0.39 is 12.0 Å². The van der Waals surface area contributed by atoms with Gasteiger partial charge in [0.1, 0.15) is 6.04 Å². The second-order valence-electron chi connectivity index (χ2n) is 7.32. The highest BCUT2D eigenvalue weighted by Crippen LogP contribution is 2.40. The van der Waals surface area contributed by atoms with Gasteiger partial charge in [-0.15, -0.1) is 0 Å². The number of hydrogen-bond donors (Lipinski definition) is 1. The third kappa shape index (κ3) is 2.91. The van der Waals surface area contributed by atoms with Crippen LogP contribution < -0.4 is 0 Å². The van der Waals surface area contributed by atoms with Crippen LogP contribution in [0.1, 0.15) is 69.0 Å². The Hall–Kier alpha value is -1.92. The van der Waals surface area contributed by atoms with Crippen LogP contribution in [0.4, 0.5) is 0 Å². The fourth-order valence-electron chi connectivity index (χ4n) is 4.26. The van der Waals surface area contributed by atoms with Crippen molar-refractivity contribution < 1.29 is 19.2 Å². The predicted octanol–water partition coefficient (Wildman–Crippen LogP) is 2.12. The topological polar surface area (TPSA) is 96.5 Å². The van der Waals surface area contributed by atoms with E-state index in [-0.39, 0.29) is 18.4 Å². The van der Waals surface area contributed by atoms with Crippen LogP contribution in [0.25, 0.3) is 0 Å². The summed E-state index contributed by atoms with van der Waals surface area (Å²) in [5.74, 6) is 1.02. The quantitative estimate of drug-likeness (QED) is 0.886. The van der Waals surface area contributed by atoms with Crippen LogP contribution in [0.2, 0.25) is 0 Å². The second-order valence-corrected chi connectivity index (χ2v) is 7.32. The Morgan fingerprint density at radius 3 is 2.75 bits per heavy atom. The molecule has 3 aliphatic rings. The van der Waals surface area contributed by atoms with Crippen molar-refractivity contribution in [3.63, 3.8) is 0 Å². The number of aromatic nitrogens is 2. The number of carboxylic acids is 1. The number of fused-ring (bicyclic) bond motifs is 1. The second kappa shape index (κ2) is 6.18. The van der Waals surface area contributed by atoms with Crippen molar-refractivity contribution in [3.05, 3.63) is 11.7 Å². The van der Waals surface area contributed by atoms with E-state index >= 15 is 0 Å². The first-order valence-electron chi connectivity index (χ1n) is 9.00. The van der Waals surface area contributed by atoms with Crippen LogP contribution >= 0.6 is 0 Å². The first kappa shape index (κ1) is 15.6. The molecule has 3 atom stereocenters. The van der Waals surface area contributed by atoms with Crippen LogP contribution in [0, 0.1) is 5.92 Å². The number of aliphatic carboxylic acids is 1. The van der Waals surface area contributed by atoms with Gasteiger partial charge in [-0.3, -0.25) is 4.79 Å². The van der Waals surface area contributed by atoms with E-state index in [1.54, 1.807) is 4.90 Å². The minimum atomic E-state index is -0.883. The molecule has 2 heterocycles. The van der Waals surface area contributed by atoms with Crippen LogP contribution in [-0.4, -0.2) is 44.1 Å². The highest BCUT2D eigenvalue weighted by atomic mass is 16.5. The lowest BCUT2D eigenvalue weighted by Gasteiger charge is -2.33. The van der Waals surface area contributed by atoms with Crippen LogP contribution in [0.5, 0.6) is 0 Å². The number of carboxylic acid groups (broad SMARTS) is 1. The van der Waals surface area contributed by atoms with Gasteiger partial charge in [0.2, 0.25) is 11.8 Å². The first-order valence-corrected chi connectivity index (χ1v) is 9.00. The molecule has 1 aromatic heterocycles. The number of nitrogens with zero attached hydrogens (tertiary/aromatic N) is 3. The summed E-state index contributed by atoms with van der Waals surface area (Å²) in [5, 5.41) is 13.5. The maximum absolute atomic E-state index is 12.7. The summed E-state index contributed by atoms with van der Waals surface area (Å²) < 4.78 is 5.21. The lowest BCUT2D eigenvalue weighted by Crippen LogP contribution is -2.46. The minimum absolute atomic E-state index is 0.0945. The Kier molecular flexibility index (Phi) is 4.02. The predicted molar refractivity (Wildman–Crippen MR) is 83.2 cm³/mol. The number of rotatable bonds is 5. The fourth-order valence-corrected chi connectivity index (χ4v) is 4.26.